The molecule has 2 atom stereocenters. The topological polar surface area (TPSA) is 113 Å². The molecule has 1 aromatic rings. The Morgan fingerprint density at radius 2 is 2.12 bits per heavy atom. The normalized spacial score (nSPS) is 27.9. The summed E-state index contributed by atoms with van der Waals surface area (Å²) in [4.78, 5) is 51.4. The molecule has 0 aliphatic carbocycles. The first-order valence-electron chi connectivity index (χ1n) is 8.11. The number of hydrogen-bond acceptors (Lipinski definition) is 7. The van der Waals surface area contributed by atoms with Crippen molar-refractivity contribution in [1.29, 1.82) is 0 Å². The summed E-state index contributed by atoms with van der Waals surface area (Å²) in [5.41, 5.74) is -0.157. The van der Waals surface area contributed by atoms with E-state index in [1.165, 1.54) is 19.2 Å². The highest BCUT2D eigenvalue weighted by Gasteiger charge is 2.61. The minimum atomic E-state index is -1.46. The molecule has 0 unspecified atom stereocenters. The lowest BCUT2D eigenvalue weighted by molar-refractivity contribution is -0.384. The Balaban J connectivity index is 1.90. The molecule has 0 radical (unpaired) electrons. The SMILES string of the molecule is CN1C(=O)NC(=O)[C@]2(Cc3cc([N+](=O)[O-])ccc3N3CCSC[C@@H]32)C1=O. The molecule has 26 heavy (non-hydrogen) atoms. The predicted octanol–water partition coefficient (Wildman–Crippen LogP) is 0.767. The monoisotopic (exact) mass is 376 g/mol. The van der Waals surface area contributed by atoms with Gasteiger partial charge in [0.1, 0.15) is 0 Å². The number of barbiturate groups is 1. The van der Waals surface area contributed by atoms with Gasteiger partial charge in [0.25, 0.3) is 5.69 Å². The molecular formula is C16H16N4O5S. The molecule has 0 bridgehead atoms. The number of thioether (sulfide) groups is 1. The summed E-state index contributed by atoms with van der Waals surface area (Å²) in [6.45, 7) is 0.625. The molecular weight excluding hydrogens is 360 g/mol. The van der Waals surface area contributed by atoms with E-state index in [-0.39, 0.29) is 12.1 Å². The molecule has 3 aliphatic heterocycles. The Kier molecular flexibility index (Phi) is 3.69. The first-order chi connectivity index (χ1) is 12.4. The number of non-ortho nitro benzene ring substituents is 1. The summed E-state index contributed by atoms with van der Waals surface area (Å²) in [6.07, 6.45) is 0.0357. The van der Waals surface area contributed by atoms with E-state index in [2.05, 4.69) is 5.32 Å². The van der Waals surface area contributed by atoms with Gasteiger partial charge in [-0.2, -0.15) is 11.8 Å². The molecule has 4 amide bonds. The van der Waals surface area contributed by atoms with Crippen molar-refractivity contribution in [3.8, 4) is 0 Å². The number of hydrogen-bond donors (Lipinski definition) is 1. The number of nitrogens with one attached hydrogen (secondary N) is 1. The molecule has 4 rings (SSSR count). The summed E-state index contributed by atoms with van der Waals surface area (Å²) in [5.74, 6) is 0.215. The number of fused-ring (bicyclic) bond motifs is 4. The van der Waals surface area contributed by atoms with Gasteiger partial charge in [-0.25, -0.2) is 4.79 Å². The molecule has 3 heterocycles. The number of nitro benzene ring substituents is 1. The Hall–Kier alpha value is -2.62. The summed E-state index contributed by atoms with van der Waals surface area (Å²) >= 11 is 1.65. The minimum absolute atomic E-state index is 0.0357. The van der Waals surface area contributed by atoms with Crippen LogP contribution in [-0.2, 0) is 16.0 Å². The van der Waals surface area contributed by atoms with Crippen LogP contribution < -0.4 is 10.2 Å². The van der Waals surface area contributed by atoms with Crippen LogP contribution in [0, 0.1) is 15.5 Å². The third-order valence-corrected chi connectivity index (χ3v) is 6.39. The van der Waals surface area contributed by atoms with Gasteiger partial charge in [0, 0.05) is 49.3 Å². The number of nitro groups is 1. The van der Waals surface area contributed by atoms with Crippen molar-refractivity contribution in [3.63, 3.8) is 0 Å². The Morgan fingerprint density at radius 1 is 1.35 bits per heavy atom. The van der Waals surface area contributed by atoms with Crippen molar-refractivity contribution < 1.29 is 19.3 Å². The number of carbonyl (C=O) groups is 3. The van der Waals surface area contributed by atoms with Crippen LogP contribution in [0.4, 0.5) is 16.2 Å². The molecule has 0 saturated carbocycles. The largest absolute Gasteiger partial charge is 0.365 e. The number of carbonyl (C=O) groups excluding carboxylic acids is 3. The summed E-state index contributed by atoms with van der Waals surface area (Å²) in [7, 11) is 1.34. The second kappa shape index (κ2) is 5.70. The second-order valence-electron chi connectivity index (χ2n) is 6.63. The predicted molar refractivity (Wildman–Crippen MR) is 94.0 cm³/mol. The number of benzene rings is 1. The average Bonchev–Trinajstić information content (AvgIpc) is 2.64. The zero-order valence-corrected chi connectivity index (χ0v) is 14.7. The van der Waals surface area contributed by atoms with Crippen molar-refractivity contribution in [1.82, 2.24) is 10.2 Å². The molecule has 10 heteroatoms. The molecule has 2 fully saturated rings. The van der Waals surface area contributed by atoms with Gasteiger partial charge in [-0.15, -0.1) is 0 Å². The average molecular weight is 376 g/mol. The van der Waals surface area contributed by atoms with Crippen LogP contribution in [0.2, 0.25) is 0 Å². The number of anilines is 1. The Labute approximate surface area is 152 Å². The minimum Gasteiger partial charge on any atom is -0.365 e. The fourth-order valence-corrected chi connectivity index (χ4v) is 5.24. The lowest BCUT2D eigenvalue weighted by Crippen LogP contribution is -2.72. The number of rotatable bonds is 1. The highest BCUT2D eigenvalue weighted by Crippen LogP contribution is 2.47. The third-order valence-electron chi connectivity index (χ3n) is 5.37. The summed E-state index contributed by atoms with van der Waals surface area (Å²) < 4.78 is 0. The molecule has 9 nitrogen and oxygen atoms in total. The molecule has 0 aromatic heterocycles. The first kappa shape index (κ1) is 16.8. The van der Waals surface area contributed by atoms with Gasteiger partial charge in [-0.3, -0.25) is 29.9 Å². The van der Waals surface area contributed by atoms with Crippen LogP contribution in [0.15, 0.2) is 18.2 Å². The quantitative estimate of drug-likeness (QED) is 0.437. The summed E-state index contributed by atoms with van der Waals surface area (Å²) in [6, 6.07) is 3.40. The van der Waals surface area contributed by atoms with Gasteiger partial charge in [0.15, 0.2) is 5.41 Å². The van der Waals surface area contributed by atoms with Crippen molar-refractivity contribution in [3.05, 3.63) is 33.9 Å². The first-order valence-corrected chi connectivity index (χ1v) is 9.27. The van der Waals surface area contributed by atoms with Gasteiger partial charge >= 0.3 is 6.03 Å². The van der Waals surface area contributed by atoms with Crippen LogP contribution in [0.1, 0.15) is 5.56 Å². The molecule has 3 aliphatic rings. The molecule has 2 saturated heterocycles. The van der Waals surface area contributed by atoms with Crippen molar-refractivity contribution in [2.45, 2.75) is 12.5 Å². The van der Waals surface area contributed by atoms with E-state index in [0.717, 1.165) is 16.3 Å². The van der Waals surface area contributed by atoms with E-state index >= 15 is 0 Å². The van der Waals surface area contributed by atoms with Crippen LogP contribution in [0.5, 0.6) is 0 Å². The van der Waals surface area contributed by atoms with Crippen LogP contribution in [0.3, 0.4) is 0 Å². The fraction of sp³-hybridized carbons (Fsp3) is 0.438. The molecule has 1 spiro atoms. The van der Waals surface area contributed by atoms with Gasteiger partial charge < -0.3 is 4.90 Å². The zero-order chi connectivity index (χ0) is 18.6. The van der Waals surface area contributed by atoms with Crippen molar-refractivity contribution in [2.75, 3.05) is 30.0 Å². The van der Waals surface area contributed by atoms with Gasteiger partial charge in [0.05, 0.1) is 11.0 Å². The summed E-state index contributed by atoms with van der Waals surface area (Å²) in [5, 5.41) is 13.4. The maximum atomic E-state index is 13.1. The second-order valence-corrected chi connectivity index (χ2v) is 7.78. The van der Waals surface area contributed by atoms with E-state index in [0.29, 0.717) is 17.9 Å². The maximum absolute atomic E-state index is 13.1. The van der Waals surface area contributed by atoms with Gasteiger partial charge in [0.2, 0.25) is 11.8 Å². The van der Waals surface area contributed by atoms with E-state index in [1.807, 2.05) is 4.90 Å². The number of urea groups is 1. The van der Waals surface area contributed by atoms with Gasteiger partial charge in [-0.1, -0.05) is 0 Å². The smallest absolute Gasteiger partial charge is 0.330 e. The van der Waals surface area contributed by atoms with Crippen molar-refractivity contribution in [2.24, 2.45) is 5.41 Å². The fourth-order valence-electron chi connectivity index (χ4n) is 4.06. The highest BCUT2D eigenvalue weighted by molar-refractivity contribution is 7.99. The van der Waals surface area contributed by atoms with E-state index < -0.39 is 34.2 Å². The zero-order valence-electron chi connectivity index (χ0n) is 13.9. The Morgan fingerprint density at radius 3 is 2.85 bits per heavy atom. The van der Waals surface area contributed by atoms with Crippen LogP contribution in [-0.4, -0.2) is 58.8 Å². The van der Waals surface area contributed by atoms with E-state index in [1.54, 1.807) is 17.8 Å². The van der Waals surface area contributed by atoms with Gasteiger partial charge in [-0.05, 0) is 11.6 Å². The standard InChI is InChI=1S/C16H16N4O5S/c1-18-14(22)16(13(21)17-15(18)23)7-9-6-10(20(24)25)2-3-11(9)19-4-5-26-8-12(16)19/h2-3,6,12H,4-5,7-8H2,1H3,(H,17,21,23)/t12-,16-/m1/s1. The number of imide groups is 2. The lowest BCUT2D eigenvalue weighted by atomic mass is 9.69. The molecule has 1 aromatic carbocycles. The lowest BCUT2D eigenvalue weighted by Gasteiger charge is -2.53. The molecule has 1 N–H and O–H groups in total. The molecule has 136 valence electrons. The van der Waals surface area contributed by atoms with E-state index in [9.17, 15) is 24.5 Å². The third kappa shape index (κ3) is 2.14. The number of amides is 4. The maximum Gasteiger partial charge on any atom is 0.330 e. The van der Waals surface area contributed by atoms with E-state index in [4.69, 9.17) is 0 Å². The number of nitrogens with zero attached hydrogens (tertiary/aromatic N) is 3. The van der Waals surface area contributed by atoms with Crippen LogP contribution >= 0.6 is 11.8 Å². The Bertz CT molecular complexity index is 859. The van der Waals surface area contributed by atoms with Crippen LogP contribution in [0.25, 0.3) is 0 Å². The van der Waals surface area contributed by atoms with Crippen molar-refractivity contribution >= 4 is 41.0 Å². The highest BCUT2D eigenvalue weighted by atomic mass is 32.2.